The molecule has 0 aliphatic heterocycles. The zero-order valence-electron chi connectivity index (χ0n) is 22.9. The molecular formula is C30H29F3N2O6. The maximum absolute atomic E-state index is 13.0. The van der Waals surface area contributed by atoms with E-state index in [4.69, 9.17) is 23.9 Å². The third kappa shape index (κ3) is 8.59. The van der Waals surface area contributed by atoms with E-state index in [1.807, 2.05) is 0 Å². The van der Waals surface area contributed by atoms with Crippen LogP contribution in [0.15, 0.2) is 89.4 Å². The van der Waals surface area contributed by atoms with E-state index in [-0.39, 0.29) is 18.8 Å². The molecule has 41 heavy (non-hydrogen) atoms. The normalized spacial score (nSPS) is 12.5. The summed E-state index contributed by atoms with van der Waals surface area (Å²) in [6.45, 7) is 1.69. The number of rotatable bonds is 12. The first-order valence-electron chi connectivity index (χ1n) is 12.2. The van der Waals surface area contributed by atoms with E-state index in [9.17, 15) is 18.0 Å². The van der Waals surface area contributed by atoms with Crippen LogP contribution < -0.4 is 4.74 Å². The van der Waals surface area contributed by atoms with Gasteiger partial charge in [0.25, 0.3) is 0 Å². The summed E-state index contributed by atoms with van der Waals surface area (Å²) in [4.78, 5) is 22.8. The molecule has 0 fully saturated rings. The van der Waals surface area contributed by atoms with E-state index in [0.29, 0.717) is 39.4 Å². The zero-order valence-corrected chi connectivity index (χ0v) is 22.9. The van der Waals surface area contributed by atoms with Gasteiger partial charge in [0.1, 0.15) is 43.1 Å². The van der Waals surface area contributed by atoms with Gasteiger partial charge in [0.2, 0.25) is 0 Å². The summed E-state index contributed by atoms with van der Waals surface area (Å²) >= 11 is 0. The molecule has 0 spiro atoms. The highest BCUT2D eigenvalue weighted by molar-refractivity contribution is 6.47. The van der Waals surface area contributed by atoms with Crippen LogP contribution in [0.25, 0.3) is 5.57 Å². The Morgan fingerprint density at radius 3 is 2.29 bits per heavy atom. The average molecular weight is 571 g/mol. The summed E-state index contributed by atoms with van der Waals surface area (Å²) < 4.78 is 54.4. The molecular weight excluding hydrogens is 541 g/mol. The zero-order chi connectivity index (χ0) is 29.8. The molecule has 0 N–H and O–H groups in total. The Balaban J connectivity index is 1.70. The summed E-state index contributed by atoms with van der Waals surface area (Å²) in [5.41, 5.74) is 2.56. The first-order valence-corrected chi connectivity index (χ1v) is 12.2. The number of methoxy groups -OCH3 is 2. The summed E-state index contributed by atoms with van der Waals surface area (Å²) in [5.74, 6) is -0.105. The lowest BCUT2D eigenvalue weighted by atomic mass is 10.0. The van der Waals surface area contributed by atoms with Gasteiger partial charge in [0.15, 0.2) is 0 Å². The fourth-order valence-corrected chi connectivity index (χ4v) is 3.73. The predicted molar refractivity (Wildman–Crippen MR) is 147 cm³/mol. The monoisotopic (exact) mass is 570 g/mol. The summed E-state index contributed by atoms with van der Waals surface area (Å²) in [6, 6.07) is 18.8. The van der Waals surface area contributed by atoms with E-state index in [0.717, 1.165) is 12.1 Å². The highest BCUT2D eigenvalue weighted by Crippen LogP contribution is 2.30. The molecule has 3 aromatic carbocycles. The van der Waals surface area contributed by atoms with Gasteiger partial charge in [-0.05, 0) is 54.4 Å². The van der Waals surface area contributed by atoms with Gasteiger partial charge in [-0.2, -0.15) is 13.2 Å². The molecule has 11 heteroatoms. The van der Waals surface area contributed by atoms with Gasteiger partial charge in [-0.15, -0.1) is 0 Å². The van der Waals surface area contributed by atoms with Crippen LogP contribution in [-0.4, -0.2) is 38.7 Å². The third-order valence-electron chi connectivity index (χ3n) is 5.68. The number of benzene rings is 3. The molecule has 0 radical (unpaired) electrons. The number of carbonyl (C=O) groups is 1. The first kappa shape index (κ1) is 30.7. The maximum atomic E-state index is 13.0. The number of hydrogen-bond donors (Lipinski definition) is 0. The Labute approximate surface area is 235 Å². The van der Waals surface area contributed by atoms with Crippen molar-refractivity contribution in [3.8, 4) is 5.75 Å². The molecule has 0 aliphatic carbocycles. The lowest BCUT2D eigenvalue weighted by molar-refractivity contribution is -0.137. The van der Waals surface area contributed by atoms with Crippen LogP contribution >= 0.6 is 0 Å². The summed E-state index contributed by atoms with van der Waals surface area (Å²) in [6.07, 6.45) is -3.12. The molecule has 0 amide bonds. The van der Waals surface area contributed by atoms with Crippen molar-refractivity contribution in [1.29, 1.82) is 0 Å². The van der Waals surface area contributed by atoms with Crippen LogP contribution in [0.5, 0.6) is 5.75 Å². The number of ether oxygens (including phenoxy) is 3. The highest BCUT2D eigenvalue weighted by atomic mass is 19.4. The topological polar surface area (TPSA) is 87.9 Å². The number of hydrogen-bond acceptors (Lipinski definition) is 8. The van der Waals surface area contributed by atoms with Crippen molar-refractivity contribution < 1.29 is 41.9 Å². The smallest absolute Gasteiger partial charge is 0.416 e. The standard InChI is InChI=1S/C30H29F3N2O6/c1-20(34-41-18-23-9-5-6-11-26(23)27(19-37-2)29(36)38-3)28(35-39-4)22-12-14-25(15-13-22)40-17-21-8-7-10-24(16-21)30(31,32)33/h5-16,19H,17-18H2,1-4H3/b27-19?,34-20+,35-28-. The molecule has 0 heterocycles. The third-order valence-corrected chi connectivity index (χ3v) is 5.68. The van der Waals surface area contributed by atoms with Crippen molar-refractivity contribution in [2.24, 2.45) is 10.3 Å². The molecule has 0 saturated carbocycles. The van der Waals surface area contributed by atoms with E-state index >= 15 is 0 Å². The minimum Gasteiger partial charge on any atom is -0.503 e. The predicted octanol–water partition coefficient (Wildman–Crippen LogP) is 6.39. The van der Waals surface area contributed by atoms with Gasteiger partial charge in [0.05, 0.1) is 26.0 Å². The lowest BCUT2D eigenvalue weighted by Crippen LogP contribution is -2.13. The number of carbonyl (C=O) groups excluding carboxylic acids is 1. The largest absolute Gasteiger partial charge is 0.503 e. The Morgan fingerprint density at radius 2 is 1.63 bits per heavy atom. The van der Waals surface area contributed by atoms with Crippen molar-refractivity contribution in [3.05, 3.63) is 107 Å². The fraction of sp³-hybridized carbons (Fsp3) is 0.233. The first-order chi connectivity index (χ1) is 19.7. The Morgan fingerprint density at radius 1 is 0.902 bits per heavy atom. The molecule has 3 rings (SSSR count). The molecule has 0 saturated heterocycles. The van der Waals surface area contributed by atoms with Gasteiger partial charge in [-0.1, -0.05) is 46.7 Å². The molecule has 216 valence electrons. The van der Waals surface area contributed by atoms with Gasteiger partial charge in [0, 0.05) is 11.1 Å². The van der Waals surface area contributed by atoms with Crippen LogP contribution in [0, 0.1) is 0 Å². The number of nitrogens with zero attached hydrogens (tertiary/aromatic N) is 2. The van der Waals surface area contributed by atoms with Crippen molar-refractivity contribution in [2.45, 2.75) is 26.3 Å². The molecule has 0 unspecified atom stereocenters. The van der Waals surface area contributed by atoms with Crippen LogP contribution in [0.1, 0.15) is 34.7 Å². The van der Waals surface area contributed by atoms with Crippen molar-refractivity contribution in [3.63, 3.8) is 0 Å². The second-order valence-corrected chi connectivity index (χ2v) is 8.50. The average Bonchev–Trinajstić information content (AvgIpc) is 2.97. The Bertz CT molecular complexity index is 1420. The van der Waals surface area contributed by atoms with E-state index in [2.05, 4.69) is 10.3 Å². The van der Waals surface area contributed by atoms with E-state index in [1.165, 1.54) is 33.7 Å². The number of esters is 1. The molecule has 3 aromatic rings. The molecule has 0 aliphatic rings. The maximum Gasteiger partial charge on any atom is 0.416 e. The van der Waals surface area contributed by atoms with Gasteiger partial charge < -0.3 is 23.9 Å². The molecule has 8 nitrogen and oxygen atoms in total. The van der Waals surface area contributed by atoms with Gasteiger partial charge in [-0.3, -0.25) is 0 Å². The van der Waals surface area contributed by atoms with Crippen LogP contribution in [0.2, 0.25) is 0 Å². The highest BCUT2D eigenvalue weighted by Gasteiger charge is 2.30. The SMILES string of the molecule is COC=C(C(=O)OC)c1ccccc1CO/N=C(C)/C(=N/OC)c1ccc(OCc2cccc(C(F)(F)F)c2)cc1. The Kier molecular flexibility index (Phi) is 10.9. The van der Waals surface area contributed by atoms with Gasteiger partial charge in [-0.25, -0.2) is 4.79 Å². The minimum atomic E-state index is -4.42. The van der Waals surface area contributed by atoms with Crippen molar-refractivity contribution >= 4 is 23.0 Å². The second kappa shape index (κ2) is 14.5. The molecule has 0 bridgehead atoms. The fourth-order valence-electron chi connectivity index (χ4n) is 3.73. The number of alkyl halides is 3. The van der Waals surface area contributed by atoms with Crippen LogP contribution in [0.3, 0.4) is 0 Å². The quantitative estimate of drug-likeness (QED) is 0.0825. The minimum absolute atomic E-state index is 0.0324. The lowest BCUT2D eigenvalue weighted by Gasteiger charge is -2.12. The van der Waals surface area contributed by atoms with Crippen LogP contribution in [-0.2, 0) is 43.3 Å². The van der Waals surface area contributed by atoms with Crippen molar-refractivity contribution in [2.75, 3.05) is 21.3 Å². The molecule has 0 atom stereocenters. The second-order valence-electron chi connectivity index (χ2n) is 8.50. The van der Waals surface area contributed by atoms with E-state index < -0.39 is 17.7 Å². The Hall–Kier alpha value is -4.80. The van der Waals surface area contributed by atoms with E-state index in [1.54, 1.807) is 61.5 Å². The molecule has 0 aromatic heterocycles. The van der Waals surface area contributed by atoms with Crippen LogP contribution in [0.4, 0.5) is 13.2 Å². The summed E-state index contributed by atoms with van der Waals surface area (Å²) in [5, 5.41) is 8.22. The van der Waals surface area contributed by atoms with Crippen molar-refractivity contribution in [1.82, 2.24) is 0 Å². The summed E-state index contributed by atoms with van der Waals surface area (Å²) in [7, 11) is 4.11. The number of halogens is 3. The number of oxime groups is 2. The van der Waals surface area contributed by atoms with Gasteiger partial charge >= 0.3 is 12.1 Å².